The number of aryl methyl sites for hydroxylation is 1. The Morgan fingerprint density at radius 1 is 1.37 bits per heavy atom. The van der Waals surface area contributed by atoms with Crippen LogP contribution in [0.5, 0.6) is 5.75 Å². The zero-order chi connectivity index (χ0) is 14.3. The van der Waals surface area contributed by atoms with Crippen LogP contribution in [-0.4, -0.2) is 17.7 Å². The Morgan fingerprint density at radius 2 is 2.11 bits per heavy atom. The number of aromatic carboxylic acids is 1. The summed E-state index contributed by atoms with van der Waals surface area (Å²) < 4.78 is 5.75. The highest BCUT2D eigenvalue weighted by atomic mass is 16.5. The number of ether oxygens (including phenoxy) is 1. The van der Waals surface area contributed by atoms with Gasteiger partial charge in [0.05, 0.1) is 6.61 Å². The first-order chi connectivity index (χ1) is 9.06. The van der Waals surface area contributed by atoms with Gasteiger partial charge in [-0.05, 0) is 36.8 Å². The topological polar surface area (TPSA) is 46.5 Å². The third kappa shape index (κ3) is 4.93. The predicted molar refractivity (Wildman–Crippen MR) is 77.0 cm³/mol. The lowest BCUT2D eigenvalue weighted by molar-refractivity contribution is 0.0692. The van der Waals surface area contributed by atoms with Crippen LogP contribution in [-0.2, 0) is 6.42 Å². The van der Waals surface area contributed by atoms with E-state index in [1.807, 2.05) is 6.07 Å². The molecular formula is C16H24O3. The first-order valence-corrected chi connectivity index (χ1v) is 7.04. The molecule has 1 rings (SSSR count). The van der Waals surface area contributed by atoms with E-state index in [1.165, 1.54) is 0 Å². The number of carboxylic acids is 1. The Kier molecular flexibility index (Phi) is 6.40. The summed E-state index contributed by atoms with van der Waals surface area (Å²) in [4.78, 5) is 11.2. The number of rotatable bonds is 8. The third-order valence-corrected chi connectivity index (χ3v) is 3.02. The molecule has 0 aliphatic carbocycles. The fourth-order valence-electron chi connectivity index (χ4n) is 2.06. The summed E-state index contributed by atoms with van der Waals surface area (Å²) in [5, 5.41) is 9.22. The van der Waals surface area contributed by atoms with Crippen molar-refractivity contribution in [1.82, 2.24) is 0 Å². The van der Waals surface area contributed by atoms with E-state index in [2.05, 4.69) is 20.8 Å². The van der Waals surface area contributed by atoms with Gasteiger partial charge in [0.25, 0.3) is 0 Å². The Balaban J connectivity index is 2.79. The van der Waals surface area contributed by atoms with Crippen molar-refractivity contribution in [3.8, 4) is 5.75 Å². The van der Waals surface area contributed by atoms with E-state index in [9.17, 15) is 9.90 Å². The van der Waals surface area contributed by atoms with E-state index in [0.717, 1.165) is 31.2 Å². The molecule has 0 amide bonds. The number of carbonyl (C=O) groups is 1. The van der Waals surface area contributed by atoms with Crippen molar-refractivity contribution in [2.45, 2.75) is 46.5 Å². The lowest BCUT2D eigenvalue weighted by atomic mass is 10.0. The molecule has 0 spiro atoms. The third-order valence-electron chi connectivity index (χ3n) is 3.02. The summed E-state index contributed by atoms with van der Waals surface area (Å²) >= 11 is 0. The van der Waals surface area contributed by atoms with Gasteiger partial charge in [0.15, 0.2) is 0 Å². The highest BCUT2D eigenvalue weighted by molar-refractivity contribution is 5.91. The molecule has 1 aromatic carbocycles. The molecule has 0 aliphatic rings. The zero-order valence-electron chi connectivity index (χ0n) is 12.1. The van der Waals surface area contributed by atoms with Crippen molar-refractivity contribution in [2.75, 3.05) is 6.61 Å². The molecule has 106 valence electrons. The van der Waals surface area contributed by atoms with E-state index in [-0.39, 0.29) is 5.56 Å². The number of hydrogen-bond acceptors (Lipinski definition) is 2. The SMILES string of the molecule is CCCc1cccc(C(=O)O)c1OCCCC(C)C. The Bertz CT molecular complexity index is 410. The van der Waals surface area contributed by atoms with E-state index in [1.54, 1.807) is 12.1 Å². The molecule has 0 bridgehead atoms. The second-order valence-electron chi connectivity index (χ2n) is 5.23. The molecule has 0 aliphatic heterocycles. The molecule has 3 heteroatoms. The first-order valence-electron chi connectivity index (χ1n) is 7.04. The molecule has 0 fully saturated rings. The van der Waals surface area contributed by atoms with E-state index in [4.69, 9.17) is 4.74 Å². The maximum atomic E-state index is 11.2. The molecule has 0 atom stereocenters. The van der Waals surface area contributed by atoms with Crippen LogP contribution in [0.2, 0.25) is 0 Å². The van der Waals surface area contributed by atoms with Crippen LogP contribution < -0.4 is 4.74 Å². The summed E-state index contributed by atoms with van der Waals surface area (Å²) in [6.45, 7) is 7.01. The van der Waals surface area contributed by atoms with Crippen LogP contribution >= 0.6 is 0 Å². The average molecular weight is 264 g/mol. The fraction of sp³-hybridized carbons (Fsp3) is 0.562. The molecule has 0 heterocycles. The fourth-order valence-corrected chi connectivity index (χ4v) is 2.06. The molecule has 0 radical (unpaired) electrons. The monoisotopic (exact) mass is 264 g/mol. The predicted octanol–water partition coefficient (Wildman–Crippen LogP) is 4.15. The van der Waals surface area contributed by atoms with Crippen molar-refractivity contribution < 1.29 is 14.6 Å². The van der Waals surface area contributed by atoms with Gasteiger partial charge in [0, 0.05) is 0 Å². The van der Waals surface area contributed by atoms with E-state index >= 15 is 0 Å². The van der Waals surface area contributed by atoms with Gasteiger partial charge in [0.2, 0.25) is 0 Å². The van der Waals surface area contributed by atoms with Gasteiger partial charge in [-0.1, -0.05) is 39.3 Å². The zero-order valence-corrected chi connectivity index (χ0v) is 12.1. The molecule has 0 saturated heterocycles. The molecule has 0 unspecified atom stereocenters. The van der Waals surface area contributed by atoms with Crippen molar-refractivity contribution in [3.63, 3.8) is 0 Å². The second kappa shape index (κ2) is 7.82. The minimum Gasteiger partial charge on any atom is -0.492 e. The van der Waals surface area contributed by atoms with Crippen LogP contribution in [0.4, 0.5) is 0 Å². The van der Waals surface area contributed by atoms with Crippen LogP contribution in [0.15, 0.2) is 18.2 Å². The highest BCUT2D eigenvalue weighted by Gasteiger charge is 2.14. The van der Waals surface area contributed by atoms with Gasteiger partial charge in [-0.25, -0.2) is 4.79 Å². The Labute approximate surface area is 115 Å². The van der Waals surface area contributed by atoms with Crippen molar-refractivity contribution in [3.05, 3.63) is 29.3 Å². The van der Waals surface area contributed by atoms with Crippen molar-refractivity contribution in [2.24, 2.45) is 5.92 Å². The number of para-hydroxylation sites is 1. The summed E-state index contributed by atoms with van der Waals surface area (Å²) in [5.41, 5.74) is 1.27. The summed E-state index contributed by atoms with van der Waals surface area (Å²) in [6, 6.07) is 5.35. The smallest absolute Gasteiger partial charge is 0.339 e. The van der Waals surface area contributed by atoms with Crippen LogP contribution in [0.25, 0.3) is 0 Å². The summed E-state index contributed by atoms with van der Waals surface area (Å²) in [5.74, 6) is 0.283. The number of benzene rings is 1. The number of carboxylic acid groups (broad SMARTS) is 1. The maximum Gasteiger partial charge on any atom is 0.339 e. The van der Waals surface area contributed by atoms with E-state index in [0.29, 0.717) is 18.3 Å². The van der Waals surface area contributed by atoms with Gasteiger partial charge in [-0.15, -0.1) is 0 Å². The largest absolute Gasteiger partial charge is 0.492 e. The summed E-state index contributed by atoms with van der Waals surface area (Å²) in [6.07, 6.45) is 3.88. The minimum atomic E-state index is -0.920. The van der Waals surface area contributed by atoms with Gasteiger partial charge < -0.3 is 9.84 Å². The molecule has 19 heavy (non-hydrogen) atoms. The van der Waals surface area contributed by atoms with Crippen molar-refractivity contribution in [1.29, 1.82) is 0 Å². The lowest BCUT2D eigenvalue weighted by Gasteiger charge is -2.14. The molecule has 1 N–H and O–H groups in total. The molecule has 3 nitrogen and oxygen atoms in total. The first kappa shape index (κ1) is 15.5. The molecule has 1 aromatic rings. The van der Waals surface area contributed by atoms with Crippen molar-refractivity contribution >= 4 is 5.97 Å². The number of hydrogen-bond donors (Lipinski definition) is 1. The Morgan fingerprint density at radius 3 is 2.68 bits per heavy atom. The van der Waals surface area contributed by atoms with Gasteiger partial charge in [-0.2, -0.15) is 0 Å². The lowest BCUT2D eigenvalue weighted by Crippen LogP contribution is -2.08. The average Bonchev–Trinajstić information content (AvgIpc) is 2.35. The van der Waals surface area contributed by atoms with Gasteiger partial charge in [-0.3, -0.25) is 0 Å². The molecule has 0 saturated carbocycles. The normalized spacial score (nSPS) is 10.7. The van der Waals surface area contributed by atoms with Gasteiger partial charge >= 0.3 is 5.97 Å². The highest BCUT2D eigenvalue weighted by Crippen LogP contribution is 2.26. The van der Waals surface area contributed by atoms with Crippen LogP contribution in [0.1, 0.15) is 56.0 Å². The maximum absolute atomic E-state index is 11.2. The second-order valence-corrected chi connectivity index (χ2v) is 5.23. The Hall–Kier alpha value is -1.51. The van der Waals surface area contributed by atoms with Gasteiger partial charge in [0.1, 0.15) is 11.3 Å². The minimum absolute atomic E-state index is 0.274. The quantitative estimate of drug-likeness (QED) is 0.717. The van der Waals surface area contributed by atoms with Crippen LogP contribution in [0.3, 0.4) is 0 Å². The standard InChI is InChI=1S/C16H24O3/c1-4-7-13-9-5-10-14(16(17)18)15(13)19-11-6-8-12(2)3/h5,9-10,12H,4,6-8,11H2,1-3H3,(H,17,18). The van der Waals surface area contributed by atoms with E-state index < -0.39 is 5.97 Å². The summed E-state index contributed by atoms with van der Waals surface area (Å²) in [7, 11) is 0. The molecule has 0 aromatic heterocycles. The van der Waals surface area contributed by atoms with Crippen LogP contribution in [0, 0.1) is 5.92 Å². The molecular weight excluding hydrogens is 240 g/mol.